The zero-order chi connectivity index (χ0) is 14.8. The van der Waals surface area contributed by atoms with Gasteiger partial charge in [-0.2, -0.15) is 0 Å². The van der Waals surface area contributed by atoms with Gasteiger partial charge in [-0.1, -0.05) is 6.07 Å². The summed E-state index contributed by atoms with van der Waals surface area (Å²) in [4.78, 5) is 4.33. The van der Waals surface area contributed by atoms with Gasteiger partial charge in [0.1, 0.15) is 5.82 Å². The fourth-order valence-corrected chi connectivity index (χ4v) is 3.04. The Morgan fingerprint density at radius 1 is 1.25 bits per heavy atom. The molecular weight excluding hydrogens is 253 g/mol. The van der Waals surface area contributed by atoms with E-state index in [1.807, 2.05) is 24.1 Å². The molecule has 1 aliphatic carbocycles. The topological polar surface area (TPSA) is 32.5 Å². The minimum atomic E-state index is -0.147. The molecule has 0 spiro atoms. The molecule has 20 heavy (non-hydrogen) atoms. The van der Waals surface area contributed by atoms with Crippen molar-refractivity contribution in [1.82, 2.24) is 4.90 Å². The lowest BCUT2D eigenvalue weighted by molar-refractivity contribution is 0.0682. The second kappa shape index (κ2) is 6.10. The van der Waals surface area contributed by atoms with Crippen molar-refractivity contribution in [2.75, 3.05) is 39.1 Å². The number of hydrogen-bond donors (Lipinski definition) is 1. The van der Waals surface area contributed by atoms with Gasteiger partial charge in [0.25, 0.3) is 0 Å². The summed E-state index contributed by atoms with van der Waals surface area (Å²) in [7, 11) is 6.21. The molecule has 0 radical (unpaired) electrons. The van der Waals surface area contributed by atoms with E-state index in [9.17, 15) is 4.39 Å². The average molecular weight is 279 g/mol. The van der Waals surface area contributed by atoms with Crippen LogP contribution in [0.5, 0.6) is 0 Å². The maximum Gasteiger partial charge on any atom is 0.146 e. The Balaban J connectivity index is 2.11. The summed E-state index contributed by atoms with van der Waals surface area (Å²) >= 11 is 0. The second-order valence-corrected chi connectivity index (χ2v) is 6.15. The lowest BCUT2D eigenvalue weighted by Gasteiger charge is -2.49. The molecule has 0 saturated heterocycles. The van der Waals surface area contributed by atoms with E-state index >= 15 is 0 Å². The molecule has 2 N–H and O–H groups in total. The first-order chi connectivity index (χ1) is 9.48. The van der Waals surface area contributed by atoms with Gasteiger partial charge in [-0.25, -0.2) is 4.39 Å². The van der Waals surface area contributed by atoms with Gasteiger partial charge in [0.2, 0.25) is 0 Å². The predicted molar refractivity (Wildman–Crippen MR) is 82.7 cm³/mol. The fraction of sp³-hybridized carbons (Fsp3) is 0.625. The summed E-state index contributed by atoms with van der Waals surface area (Å²) in [5.74, 6) is -0.147. The summed E-state index contributed by atoms with van der Waals surface area (Å²) in [6.45, 7) is 1.42. The summed E-state index contributed by atoms with van der Waals surface area (Å²) in [5.41, 5.74) is 7.36. The van der Waals surface area contributed by atoms with Crippen molar-refractivity contribution >= 4 is 5.69 Å². The highest BCUT2D eigenvalue weighted by Gasteiger charge is 2.40. The normalized spacial score (nSPS) is 17.1. The maximum atomic E-state index is 14.2. The molecule has 112 valence electrons. The van der Waals surface area contributed by atoms with Gasteiger partial charge in [-0.15, -0.1) is 0 Å². The van der Waals surface area contributed by atoms with Crippen molar-refractivity contribution in [2.45, 2.75) is 31.2 Å². The van der Waals surface area contributed by atoms with Crippen LogP contribution in [0.25, 0.3) is 0 Å². The van der Waals surface area contributed by atoms with E-state index in [1.165, 1.54) is 19.3 Å². The van der Waals surface area contributed by atoms with Crippen molar-refractivity contribution < 1.29 is 4.39 Å². The summed E-state index contributed by atoms with van der Waals surface area (Å²) in [6.07, 6.45) is 4.38. The minimum absolute atomic E-state index is 0.147. The summed E-state index contributed by atoms with van der Waals surface area (Å²) in [5, 5.41) is 0. The van der Waals surface area contributed by atoms with E-state index in [4.69, 9.17) is 5.73 Å². The van der Waals surface area contributed by atoms with Crippen LogP contribution in [-0.4, -0.2) is 44.7 Å². The molecule has 4 heteroatoms. The SMILES string of the molecule is CN(CC1(N(C)C)CCC1)c1ccc(CCN)cc1F. The van der Waals surface area contributed by atoms with Gasteiger partial charge in [0.15, 0.2) is 0 Å². The van der Waals surface area contributed by atoms with Crippen LogP contribution >= 0.6 is 0 Å². The smallest absolute Gasteiger partial charge is 0.146 e. The van der Waals surface area contributed by atoms with Crippen LogP contribution in [0.4, 0.5) is 10.1 Å². The van der Waals surface area contributed by atoms with Crippen molar-refractivity contribution in [3.8, 4) is 0 Å². The number of benzene rings is 1. The standard InChI is InChI=1S/C16H26FN3/c1-19(2)16(8-4-9-16)12-20(3)15-6-5-13(7-10-18)11-14(15)17/h5-6,11H,4,7-10,12,18H2,1-3H3. The van der Waals surface area contributed by atoms with Gasteiger partial charge in [0, 0.05) is 19.1 Å². The van der Waals surface area contributed by atoms with Crippen LogP contribution in [0.3, 0.4) is 0 Å². The highest BCUT2D eigenvalue weighted by molar-refractivity contribution is 5.49. The van der Waals surface area contributed by atoms with E-state index in [0.717, 1.165) is 18.5 Å². The van der Waals surface area contributed by atoms with Crippen molar-refractivity contribution in [3.63, 3.8) is 0 Å². The lowest BCUT2D eigenvalue weighted by Crippen LogP contribution is -2.56. The largest absolute Gasteiger partial charge is 0.370 e. The molecular formula is C16H26FN3. The second-order valence-electron chi connectivity index (χ2n) is 6.15. The first kappa shape index (κ1) is 15.3. The Morgan fingerprint density at radius 3 is 2.40 bits per heavy atom. The number of rotatable bonds is 6. The molecule has 1 aromatic carbocycles. The van der Waals surface area contributed by atoms with Crippen LogP contribution in [0.15, 0.2) is 18.2 Å². The number of likely N-dealkylation sites (N-methyl/N-ethyl adjacent to an activating group) is 2. The van der Waals surface area contributed by atoms with E-state index in [1.54, 1.807) is 6.07 Å². The van der Waals surface area contributed by atoms with Gasteiger partial charge in [-0.3, -0.25) is 0 Å². The van der Waals surface area contributed by atoms with Crippen molar-refractivity contribution in [3.05, 3.63) is 29.6 Å². The third kappa shape index (κ3) is 2.96. The molecule has 1 aliphatic rings. The van der Waals surface area contributed by atoms with Gasteiger partial charge in [-0.05, 0) is 64.0 Å². The van der Waals surface area contributed by atoms with Crippen LogP contribution < -0.4 is 10.6 Å². The van der Waals surface area contributed by atoms with Crippen molar-refractivity contribution in [2.24, 2.45) is 5.73 Å². The van der Waals surface area contributed by atoms with Gasteiger partial charge >= 0.3 is 0 Å². The molecule has 3 nitrogen and oxygen atoms in total. The lowest BCUT2D eigenvalue weighted by atomic mass is 9.75. The Hall–Kier alpha value is -1.13. The Kier molecular flexibility index (Phi) is 4.66. The van der Waals surface area contributed by atoms with E-state index in [-0.39, 0.29) is 11.4 Å². The number of nitrogens with two attached hydrogens (primary N) is 1. The number of anilines is 1. The number of nitrogens with zero attached hydrogens (tertiary/aromatic N) is 2. The molecule has 1 aromatic rings. The fourth-order valence-electron chi connectivity index (χ4n) is 3.04. The van der Waals surface area contributed by atoms with Crippen molar-refractivity contribution in [1.29, 1.82) is 0 Å². The molecule has 0 aromatic heterocycles. The van der Waals surface area contributed by atoms with E-state index < -0.39 is 0 Å². The first-order valence-electron chi connectivity index (χ1n) is 7.35. The summed E-state index contributed by atoms with van der Waals surface area (Å²) in [6, 6.07) is 5.47. The molecule has 0 aliphatic heterocycles. The maximum absolute atomic E-state index is 14.2. The van der Waals surface area contributed by atoms with Gasteiger partial charge in [0.05, 0.1) is 5.69 Å². The minimum Gasteiger partial charge on any atom is -0.370 e. The molecule has 1 fully saturated rings. The monoisotopic (exact) mass is 279 g/mol. The van der Waals surface area contributed by atoms with E-state index in [0.29, 0.717) is 12.2 Å². The van der Waals surface area contributed by atoms with Crippen LogP contribution in [-0.2, 0) is 6.42 Å². The average Bonchev–Trinajstić information content (AvgIpc) is 2.33. The number of hydrogen-bond acceptors (Lipinski definition) is 3. The first-order valence-corrected chi connectivity index (χ1v) is 7.35. The number of halogens is 1. The Labute approximate surface area is 121 Å². The molecule has 0 heterocycles. The molecule has 2 rings (SSSR count). The third-order valence-corrected chi connectivity index (χ3v) is 4.62. The van der Waals surface area contributed by atoms with Gasteiger partial charge < -0.3 is 15.5 Å². The van der Waals surface area contributed by atoms with Crippen LogP contribution in [0.2, 0.25) is 0 Å². The predicted octanol–water partition coefficient (Wildman–Crippen LogP) is 2.25. The highest BCUT2D eigenvalue weighted by atomic mass is 19.1. The molecule has 0 unspecified atom stereocenters. The van der Waals surface area contributed by atoms with E-state index in [2.05, 4.69) is 19.0 Å². The molecule has 0 bridgehead atoms. The highest BCUT2D eigenvalue weighted by Crippen LogP contribution is 2.37. The summed E-state index contributed by atoms with van der Waals surface area (Å²) < 4.78 is 14.2. The zero-order valence-corrected chi connectivity index (χ0v) is 12.8. The van der Waals surface area contributed by atoms with Crippen LogP contribution in [0, 0.1) is 5.82 Å². The Morgan fingerprint density at radius 2 is 1.95 bits per heavy atom. The third-order valence-electron chi connectivity index (χ3n) is 4.62. The quantitative estimate of drug-likeness (QED) is 0.867. The molecule has 1 saturated carbocycles. The zero-order valence-electron chi connectivity index (χ0n) is 12.8. The van der Waals surface area contributed by atoms with Crippen LogP contribution in [0.1, 0.15) is 24.8 Å². The molecule has 0 amide bonds. The Bertz CT molecular complexity index is 455. The molecule has 0 atom stereocenters.